The summed E-state index contributed by atoms with van der Waals surface area (Å²) in [5.41, 5.74) is 1.73. The SMILES string of the molecule is Cc1cccnc1OC1CCN(C(CNC(=O)c2c(F)cccc2Cl)c2scnc2C(F)F)CC1. The van der Waals surface area contributed by atoms with Gasteiger partial charge < -0.3 is 10.1 Å². The molecule has 2 aromatic heterocycles. The van der Waals surface area contributed by atoms with Gasteiger partial charge in [-0.25, -0.2) is 23.1 Å². The van der Waals surface area contributed by atoms with E-state index in [2.05, 4.69) is 15.3 Å². The van der Waals surface area contributed by atoms with Gasteiger partial charge in [0.1, 0.15) is 17.6 Å². The molecule has 1 amide bonds. The summed E-state index contributed by atoms with van der Waals surface area (Å²) in [6.07, 6.45) is 0.171. The summed E-state index contributed by atoms with van der Waals surface area (Å²) in [7, 11) is 0. The number of carbonyl (C=O) groups is 1. The lowest BCUT2D eigenvalue weighted by Gasteiger charge is -2.37. The van der Waals surface area contributed by atoms with Crippen molar-refractivity contribution in [3.63, 3.8) is 0 Å². The molecule has 35 heavy (non-hydrogen) atoms. The van der Waals surface area contributed by atoms with E-state index < -0.39 is 24.2 Å². The quantitative estimate of drug-likeness (QED) is 0.416. The fourth-order valence-electron chi connectivity index (χ4n) is 4.11. The fraction of sp³-hybridized carbons (Fsp3) is 0.375. The zero-order chi connectivity index (χ0) is 24.9. The minimum absolute atomic E-state index is 0.00369. The van der Waals surface area contributed by atoms with Crippen molar-refractivity contribution in [1.29, 1.82) is 0 Å². The Morgan fingerprint density at radius 3 is 2.71 bits per heavy atom. The number of nitrogens with one attached hydrogen (secondary N) is 1. The van der Waals surface area contributed by atoms with Crippen LogP contribution in [0.2, 0.25) is 5.02 Å². The third-order valence-corrected chi connectivity index (χ3v) is 7.20. The molecule has 11 heteroatoms. The Labute approximate surface area is 210 Å². The summed E-state index contributed by atoms with van der Waals surface area (Å²) in [5.74, 6) is -0.871. The number of piperidine rings is 1. The van der Waals surface area contributed by atoms with E-state index >= 15 is 0 Å². The first-order chi connectivity index (χ1) is 16.8. The van der Waals surface area contributed by atoms with Crippen LogP contribution in [0, 0.1) is 12.7 Å². The van der Waals surface area contributed by atoms with E-state index in [0.717, 1.165) is 23.0 Å². The number of amides is 1. The molecule has 186 valence electrons. The Kier molecular flexibility index (Phi) is 8.25. The van der Waals surface area contributed by atoms with E-state index in [1.165, 1.54) is 17.6 Å². The summed E-state index contributed by atoms with van der Waals surface area (Å²) >= 11 is 7.12. The van der Waals surface area contributed by atoms with Crippen molar-refractivity contribution in [3.05, 3.63) is 74.6 Å². The largest absolute Gasteiger partial charge is 0.474 e. The second-order valence-electron chi connectivity index (χ2n) is 8.20. The first kappa shape index (κ1) is 25.4. The van der Waals surface area contributed by atoms with E-state index in [1.807, 2.05) is 24.0 Å². The Hall–Kier alpha value is -2.69. The lowest BCUT2D eigenvalue weighted by atomic mass is 10.0. The minimum Gasteiger partial charge on any atom is -0.474 e. The lowest BCUT2D eigenvalue weighted by molar-refractivity contribution is 0.0678. The normalized spacial score (nSPS) is 15.8. The Bertz CT molecular complexity index is 1150. The van der Waals surface area contributed by atoms with E-state index in [-0.39, 0.29) is 28.9 Å². The van der Waals surface area contributed by atoms with Crippen molar-refractivity contribution in [2.24, 2.45) is 0 Å². The fourth-order valence-corrected chi connectivity index (χ4v) is 5.30. The number of aryl methyl sites for hydroxylation is 1. The van der Waals surface area contributed by atoms with Gasteiger partial charge in [-0.15, -0.1) is 11.3 Å². The zero-order valence-corrected chi connectivity index (χ0v) is 20.5. The Morgan fingerprint density at radius 2 is 2.03 bits per heavy atom. The molecule has 0 radical (unpaired) electrons. The summed E-state index contributed by atoms with van der Waals surface area (Å²) < 4.78 is 47.5. The van der Waals surface area contributed by atoms with Crippen molar-refractivity contribution >= 4 is 28.8 Å². The van der Waals surface area contributed by atoms with Gasteiger partial charge in [-0.2, -0.15) is 0 Å². The number of ether oxygens (including phenoxy) is 1. The number of hydrogen-bond donors (Lipinski definition) is 1. The van der Waals surface area contributed by atoms with Crippen LogP contribution in [0.5, 0.6) is 5.88 Å². The summed E-state index contributed by atoms with van der Waals surface area (Å²) in [6.45, 7) is 3.03. The average molecular weight is 525 g/mol. The maximum Gasteiger partial charge on any atom is 0.281 e. The molecular weight excluding hydrogens is 501 g/mol. The predicted octanol–water partition coefficient (Wildman–Crippen LogP) is 5.59. The number of alkyl halides is 2. The number of halogens is 4. The maximum absolute atomic E-state index is 14.2. The number of benzene rings is 1. The van der Waals surface area contributed by atoms with E-state index in [9.17, 15) is 18.0 Å². The molecule has 1 atom stereocenters. The standard InChI is InChI=1S/C24H24ClF3N4O2S/c1-14-4-3-9-29-24(14)34-15-7-10-32(11-8-15)18(21-20(22(27)28)31-13-35-21)12-30-23(33)19-16(25)5-2-6-17(19)26/h2-6,9,13,15,18,22H,7-8,10-12H2,1H3,(H,30,33). The number of pyridine rings is 1. The molecule has 0 saturated carbocycles. The highest BCUT2D eigenvalue weighted by Crippen LogP contribution is 2.35. The van der Waals surface area contributed by atoms with Gasteiger partial charge in [-0.05, 0) is 38.0 Å². The second-order valence-corrected chi connectivity index (χ2v) is 9.50. The number of rotatable bonds is 8. The van der Waals surface area contributed by atoms with Crippen molar-refractivity contribution in [2.75, 3.05) is 19.6 Å². The van der Waals surface area contributed by atoms with Gasteiger partial charge in [-0.3, -0.25) is 9.69 Å². The van der Waals surface area contributed by atoms with Crippen LogP contribution in [-0.2, 0) is 0 Å². The van der Waals surface area contributed by atoms with Gasteiger partial charge in [0.25, 0.3) is 12.3 Å². The van der Waals surface area contributed by atoms with E-state index in [1.54, 1.807) is 6.20 Å². The molecule has 0 aliphatic carbocycles. The van der Waals surface area contributed by atoms with Crippen LogP contribution in [0.3, 0.4) is 0 Å². The number of thiazole rings is 1. The number of hydrogen-bond acceptors (Lipinski definition) is 6. The molecule has 1 aromatic carbocycles. The monoisotopic (exact) mass is 524 g/mol. The molecule has 6 nitrogen and oxygen atoms in total. The van der Waals surface area contributed by atoms with Gasteiger partial charge in [0, 0.05) is 31.4 Å². The molecule has 1 saturated heterocycles. The van der Waals surface area contributed by atoms with Gasteiger partial charge in [0.2, 0.25) is 5.88 Å². The van der Waals surface area contributed by atoms with Crippen molar-refractivity contribution in [2.45, 2.75) is 38.3 Å². The molecule has 4 rings (SSSR count). The van der Waals surface area contributed by atoms with Crippen LogP contribution in [-0.4, -0.2) is 46.5 Å². The van der Waals surface area contributed by atoms with Gasteiger partial charge >= 0.3 is 0 Å². The van der Waals surface area contributed by atoms with Crippen LogP contribution >= 0.6 is 22.9 Å². The second kappa shape index (κ2) is 11.4. The van der Waals surface area contributed by atoms with Gasteiger partial charge in [0.15, 0.2) is 0 Å². The third-order valence-electron chi connectivity index (χ3n) is 5.94. The number of nitrogens with zero attached hydrogens (tertiary/aromatic N) is 3. The molecule has 0 bridgehead atoms. The van der Waals surface area contributed by atoms with Crippen LogP contribution in [0.1, 0.15) is 51.8 Å². The number of likely N-dealkylation sites (tertiary alicyclic amines) is 1. The maximum atomic E-state index is 14.2. The van der Waals surface area contributed by atoms with Crippen LogP contribution < -0.4 is 10.1 Å². The zero-order valence-electron chi connectivity index (χ0n) is 18.9. The first-order valence-electron chi connectivity index (χ1n) is 11.1. The van der Waals surface area contributed by atoms with Crippen molar-refractivity contribution in [3.8, 4) is 5.88 Å². The van der Waals surface area contributed by atoms with E-state index in [0.29, 0.717) is 36.7 Å². The Balaban J connectivity index is 1.48. The number of aromatic nitrogens is 2. The van der Waals surface area contributed by atoms with Crippen molar-refractivity contribution in [1.82, 2.24) is 20.2 Å². The predicted molar refractivity (Wildman–Crippen MR) is 128 cm³/mol. The average Bonchev–Trinajstić information content (AvgIpc) is 3.32. The van der Waals surface area contributed by atoms with Crippen LogP contribution in [0.4, 0.5) is 13.2 Å². The van der Waals surface area contributed by atoms with Gasteiger partial charge in [0.05, 0.1) is 27.0 Å². The lowest BCUT2D eigenvalue weighted by Crippen LogP contribution is -2.44. The molecular formula is C24H24ClF3N4O2S. The molecule has 0 spiro atoms. The number of carbonyl (C=O) groups excluding carboxylic acids is 1. The highest BCUT2D eigenvalue weighted by Gasteiger charge is 2.32. The Morgan fingerprint density at radius 1 is 1.26 bits per heavy atom. The molecule has 1 N–H and O–H groups in total. The summed E-state index contributed by atoms with van der Waals surface area (Å²) in [4.78, 5) is 23.2. The summed E-state index contributed by atoms with van der Waals surface area (Å²) in [5, 5.41) is 2.66. The van der Waals surface area contributed by atoms with Gasteiger partial charge in [-0.1, -0.05) is 23.7 Å². The van der Waals surface area contributed by atoms with Crippen LogP contribution in [0.25, 0.3) is 0 Å². The molecule has 1 aliphatic heterocycles. The summed E-state index contributed by atoms with van der Waals surface area (Å²) in [6, 6.07) is 7.18. The molecule has 1 aliphatic rings. The molecule has 1 fully saturated rings. The molecule has 3 heterocycles. The third kappa shape index (κ3) is 5.94. The highest BCUT2D eigenvalue weighted by atomic mass is 35.5. The minimum atomic E-state index is -2.75. The first-order valence-corrected chi connectivity index (χ1v) is 12.4. The molecule has 3 aromatic rings. The van der Waals surface area contributed by atoms with Crippen LogP contribution in [0.15, 0.2) is 42.0 Å². The molecule has 1 unspecified atom stereocenters. The smallest absolute Gasteiger partial charge is 0.281 e. The topological polar surface area (TPSA) is 67.3 Å². The van der Waals surface area contributed by atoms with E-state index in [4.69, 9.17) is 16.3 Å². The van der Waals surface area contributed by atoms with Crippen molar-refractivity contribution < 1.29 is 22.7 Å². The highest BCUT2D eigenvalue weighted by molar-refractivity contribution is 7.09.